The molecule has 0 spiro atoms. The van der Waals surface area contributed by atoms with E-state index in [1.54, 1.807) is 13.0 Å². The first-order chi connectivity index (χ1) is 9.88. The van der Waals surface area contributed by atoms with Crippen LogP contribution in [0.2, 0.25) is 0 Å². The maximum absolute atomic E-state index is 11.2. The van der Waals surface area contributed by atoms with E-state index in [-0.39, 0.29) is 5.76 Å². The molecule has 0 radical (unpaired) electrons. The summed E-state index contributed by atoms with van der Waals surface area (Å²) in [5.74, 6) is -0.868. The van der Waals surface area contributed by atoms with E-state index in [4.69, 9.17) is 5.11 Å². The van der Waals surface area contributed by atoms with Gasteiger partial charge in [0, 0.05) is 5.56 Å². The summed E-state index contributed by atoms with van der Waals surface area (Å²) in [5.41, 5.74) is 4.69. The number of rotatable bonds is 4. The summed E-state index contributed by atoms with van der Waals surface area (Å²) in [6, 6.07) is 11.2. The number of hydrogen-bond donors (Lipinski definition) is 2. The van der Waals surface area contributed by atoms with Gasteiger partial charge in [0.05, 0.1) is 5.56 Å². The van der Waals surface area contributed by atoms with Crippen molar-refractivity contribution < 1.29 is 15.0 Å². The van der Waals surface area contributed by atoms with E-state index in [0.29, 0.717) is 12.0 Å². The molecule has 21 heavy (non-hydrogen) atoms. The fraction of sp³-hybridized carbons (Fsp3) is 0.167. The average molecular weight is 282 g/mol. The molecule has 0 heterocycles. The van der Waals surface area contributed by atoms with E-state index in [1.165, 1.54) is 0 Å². The second kappa shape index (κ2) is 5.83. The van der Waals surface area contributed by atoms with Crippen LogP contribution in [-0.4, -0.2) is 16.2 Å². The van der Waals surface area contributed by atoms with Gasteiger partial charge in [-0.25, -0.2) is 4.79 Å². The SMILES string of the molecule is C=C(O)c1cc(Cc2ccc(C)c(C(=O)O)c2)ccc1C. The molecule has 108 valence electrons. The minimum atomic E-state index is -0.914. The number of hydrogen-bond acceptors (Lipinski definition) is 2. The van der Waals surface area contributed by atoms with Gasteiger partial charge in [0.15, 0.2) is 0 Å². The Bertz CT molecular complexity index is 653. The molecular weight excluding hydrogens is 264 g/mol. The molecule has 0 saturated heterocycles. The number of carboxylic acids is 1. The zero-order chi connectivity index (χ0) is 15.6. The summed E-state index contributed by atoms with van der Waals surface area (Å²) >= 11 is 0. The Hall–Kier alpha value is -2.55. The molecule has 2 aromatic rings. The van der Waals surface area contributed by atoms with Crippen molar-refractivity contribution in [3.05, 3.63) is 76.4 Å². The van der Waals surface area contributed by atoms with Crippen LogP contribution in [0.1, 0.15) is 38.2 Å². The number of benzene rings is 2. The third-order valence-corrected chi connectivity index (χ3v) is 3.55. The lowest BCUT2D eigenvalue weighted by Gasteiger charge is -2.09. The largest absolute Gasteiger partial charge is 0.508 e. The molecule has 2 rings (SSSR count). The molecule has 0 atom stereocenters. The lowest BCUT2D eigenvalue weighted by atomic mass is 9.97. The van der Waals surface area contributed by atoms with Crippen LogP contribution < -0.4 is 0 Å². The standard InChI is InChI=1S/C18H18O3/c1-11-4-6-14(9-16(11)13(3)19)8-15-7-5-12(2)17(10-15)18(20)21/h4-7,9-10,19H,3,8H2,1-2H3,(H,20,21). The van der Waals surface area contributed by atoms with E-state index in [9.17, 15) is 9.90 Å². The van der Waals surface area contributed by atoms with Crippen LogP contribution in [0.5, 0.6) is 0 Å². The van der Waals surface area contributed by atoms with Crippen LogP contribution in [0.25, 0.3) is 5.76 Å². The Balaban J connectivity index is 2.34. The Labute approximate surface area is 124 Å². The molecule has 3 heteroatoms. The van der Waals surface area contributed by atoms with Crippen molar-refractivity contribution in [1.29, 1.82) is 0 Å². The molecule has 2 N–H and O–H groups in total. The highest BCUT2D eigenvalue weighted by Gasteiger charge is 2.09. The fourth-order valence-electron chi connectivity index (χ4n) is 2.34. The summed E-state index contributed by atoms with van der Waals surface area (Å²) in [4.78, 5) is 11.2. The molecule has 0 aliphatic rings. The highest BCUT2D eigenvalue weighted by atomic mass is 16.4. The topological polar surface area (TPSA) is 57.5 Å². The van der Waals surface area contributed by atoms with Gasteiger partial charge in [0.2, 0.25) is 0 Å². The summed E-state index contributed by atoms with van der Waals surface area (Å²) in [6.07, 6.45) is 0.612. The summed E-state index contributed by atoms with van der Waals surface area (Å²) in [6.45, 7) is 7.26. The van der Waals surface area contributed by atoms with Crippen LogP contribution in [-0.2, 0) is 6.42 Å². The molecular formula is C18H18O3. The van der Waals surface area contributed by atoms with Gasteiger partial charge < -0.3 is 10.2 Å². The second-order valence-corrected chi connectivity index (χ2v) is 5.23. The highest BCUT2D eigenvalue weighted by Crippen LogP contribution is 2.20. The Kier molecular flexibility index (Phi) is 4.13. The zero-order valence-electron chi connectivity index (χ0n) is 12.2. The van der Waals surface area contributed by atoms with E-state index in [0.717, 1.165) is 27.8 Å². The van der Waals surface area contributed by atoms with Gasteiger partial charge in [0.25, 0.3) is 0 Å². The van der Waals surface area contributed by atoms with Crippen LogP contribution in [0.15, 0.2) is 43.0 Å². The molecule has 0 aliphatic carbocycles. The van der Waals surface area contributed by atoms with Crippen molar-refractivity contribution in [2.75, 3.05) is 0 Å². The summed E-state index contributed by atoms with van der Waals surface area (Å²) in [7, 11) is 0. The maximum atomic E-state index is 11.2. The molecule has 0 aliphatic heterocycles. The van der Waals surface area contributed by atoms with Gasteiger partial charge in [-0.1, -0.05) is 30.8 Å². The molecule has 0 bridgehead atoms. The number of aromatic carboxylic acids is 1. The van der Waals surface area contributed by atoms with Crippen LogP contribution >= 0.6 is 0 Å². The van der Waals surface area contributed by atoms with E-state index < -0.39 is 5.97 Å². The molecule has 0 saturated carbocycles. The molecule has 0 unspecified atom stereocenters. The van der Waals surface area contributed by atoms with E-state index in [1.807, 2.05) is 37.3 Å². The van der Waals surface area contributed by atoms with Crippen molar-refractivity contribution in [1.82, 2.24) is 0 Å². The fourth-order valence-corrected chi connectivity index (χ4v) is 2.34. The third kappa shape index (κ3) is 3.31. The molecule has 2 aromatic carbocycles. The number of carboxylic acid groups (broad SMARTS) is 1. The smallest absolute Gasteiger partial charge is 0.335 e. The first-order valence-corrected chi connectivity index (χ1v) is 6.69. The number of aliphatic hydroxyl groups excluding tert-OH is 1. The molecule has 0 amide bonds. The van der Waals surface area contributed by atoms with Gasteiger partial charge in [-0.05, 0) is 54.7 Å². The average Bonchev–Trinajstić information content (AvgIpc) is 2.42. The quantitative estimate of drug-likeness (QED) is 0.829. The number of carbonyl (C=O) groups is 1. The number of aryl methyl sites for hydroxylation is 2. The predicted molar refractivity (Wildman–Crippen MR) is 83.8 cm³/mol. The monoisotopic (exact) mass is 282 g/mol. The predicted octanol–water partition coefficient (Wildman–Crippen LogP) is 4.12. The van der Waals surface area contributed by atoms with Crippen LogP contribution in [0, 0.1) is 13.8 Å². The van der Waals surface area contributed by atoms with Crippen molar-refractivity contribution in [2.45, 2.75) is 20.3 Å². The lowest BCUT2D eigenvalue weighted by Crippen LogP contribution is -2.01. The minimum absolute atomic E-state index is 0.0458. The lowest BCUT2D eigenvalue weighted by molar-refractivity contribution is 0.0696. The van der Waals surface area contributed by atoms with Crippen molar-refractivity contribution in [2.24, 2.45) is 0 Å². The molecule has 0 fully saturated rings. The van der Waals surface area contributed by atoms with Crippen molar-refractivity contribution in [3.8, 4) is 0 Å². The highest BCUT2D eigenvalue weighted by molar-refractivity contribution is 5.89. The molecule has 0 aromatic heterocycles. The van der Waals surface area contributed by atoms with Gasteiger partial charge in [0.1, 0.15) is 5.76 Å². The Morgan fingerprint density at radius 2 is 1.43 bits per heavy atom. The number of aliphatic hydroxyl groups is 1. The Morgan fingerprint density at radius 1 is 0.952 bits per heavy atom. The van der Waals surface area contributed by atoms with Crippen LogP contribution in [0.4, 0.5) is 0 Å². The maximum Gasteiger partial charge on any atom is 0.335 e. The minimum Gasteiger partial charge on any atom is -0.508 e. The first-order valence-electron chi connectivity index (χ1n) is 6.69. The second-order valence-electron chi connectivity index (χ2n) is 5.23. The molecule has 3 nitrogen and oxygen atoms in total. The first kappa shape index (κ1) is 14.9. The third-order valence-electron chi connectivity index (χ3n) is 3.55. The van der Waals surface area contributed by atoms with E-state index in [2.05, 4.69) is 6.58 Å². The van der Waals surface area contributed by atoms with Crippen molar-refractivity contribution in [3.63, 3.8) is 0 Å². The van der Waals surface area contributed by atoms with E-state index >= 15 is 0 Å². The van der Waals surface area contributed by atoms with Gasteiger partial charge in [-0.2, -0.15) is 0 Å². The van der Waals surface area contributed by atoms with Gasteiger partial charge in [-0.3, -0.25) is 0 Å². The van der Waals surface area contributed by atoms with Crippen LogP contribution in [0.3, 0.4) is 0 Å². The van der Waals surface area contributed by atoms with Gasteiger partial charge >= 0.3 is 5.97 Å². The zero-order valence-corrected chi connectivity index (χ0v) is 12.2. The Morgan fingerprint density at radius 3 is 1.90 bits per heavy atom. The van der Waals surface area contributed by atoms with Gasteiger partial charge in [-0.15, -0.1) is 0 Å². The van der Waals surface area contributed by atoms with Crippen molar-refractivity contribution >= 4 is 11.7 Å². The normalized spacial score (nSPS) is 10.4. The summed E-state index contributed by atoms with van der Waals surface area (Å²) < 4.78 is 0. The summed E-state index contributed by atoms with van der Waals surface area (Å²) in [5, 5.41) is 18.7.